The molecule has 0 aliphatic heterocycles. The number of nitrogens with one attached hydrogen (secondary N) is 1. The predicted molar refractivity (Wildman–Crippen MR) is 121 cm³/mol. The molecule has 1 aliphatic rings. The van der Waals surface area contributed by atoms with E-state index in [-0.39, 0.29) is 5.97 Å². The third kappa shape index (κ3) is 4.01. The number of aromatic nitrogens is 1. The van der Waals surface area contributed by atoms with Crippen LogP contribution in [-0.4, -0.2) is 31.7 Å². The van der Waals surface area contributed by atoms with Crippen LogP contribution in [0.25, 0.3) is 0 Å². The summed E-state index contributed by atoms with van der Waals surface area (Å²) in [7, 11) is 3.51. The summed E-state index contributed by atoms with van der Waals surface area (Å²) in [5.41, 5.74) is 7.67. The van der Waals surface area contributed by atoms with Gasteiger partial charge in [0.2, 0.25) is 0 Å². The molecule has 0 saturated carbocycles. The van der Waals surface area contributed by atoms with Crippen LogP contribution in [-0.2, 0) is 11.2 Å². The molecule has 0 fully saturated rings. The average Bonchev–Trinajstić information content (AvgIpc) is 3.19. The topological polar surface area (TPSA) is 54.5 Å². The number of anilines is 3. The molecule has 1 heterocycles. The van der Waals surface area contributed by atoms with Gasteiger partial charge in [-0.05, 0) is 66.8 Å². The summed E-state index contributed by atoms with van der Waals surface area (Å²) in [6.07, 6.45) is 5.44. The zero-order valence-electron chi connectivity index (χ0n) is 17.7. The summed E-state index contributed by atoms with van der Waals surface area (Å²) in [6.45, 7) is 2.88. The molecular formula is C25H27N3O2. The second kappa shape index (κ2) is 8.57. The molecule has 0 spiro atoms. The first-order valence-corrected chi connectivity index (χ1v) is 10.3. The molecule has 5 heteroatoms. The number of fused-ring (bicyclic) bond motifs is 1. The first kappa shape index (κ1) is 20.0. The number of carbonyl (C=O) groups is 1. The average molecular weight is 402 g/mol. The molecule has 154 valence electrons. The van der Waals surface area contributed by atoms with Crippen LogP contribution in [0.3, 0.4) is 0 Å². The van der Waals surface area contributed by atoms with Gasteiger partial charge in [0.15, 0.2) is 0 Å². The van der Waals surface area contributed by atoms with Crippen LogP contribution in [0.4, 0.5) is 17.1 Å². The van der Waals surface area contributed by atoms with Gasteiger partial charge < -0.3 is 15.0 Å². The summed E-state index contributed by atoms with van der Waals surface area (Å²) in [4.78, 5) is 18.3. The van der Waals surface area contributed by atoms with Crippen LogP contribution in [0.2, 0.25) is 0 Å². The minimum atomic E-state index is -0.351. The molecule has 0 amide bonds. The van der Waals surface area contributed by atoms with E-state index in [2.05, 4.69) is 71.6 Å². The van der Waals surface area contributed by atoms with Crippen LogP contribution < -0.4 is 10.2 Å². The molecule has 1 aliphatic carbocycles. The fourth-order valence-electron chi connectivity index (χ4n) is 4.15. The van der Waals surface area contributed by atoms with Gasteiger partial charge in [-0.15, -0.1) is 0 Å². The van der Waals surface area contributed by atoms with Crippen molar-refractivity contribution >= 4 is 23.0 Å². The number of ether oxygens (including phenoxy) is 1. The monoisotopic (exact) mass is 401 g/mol. The lowest BCUT2D eigenvalue weighted by atomic mass is 10.0. The van der Waals surface area contributed by atoms with Gasteiger partial charge in [-0.2, -0.15) is 0 Å². The molecule has 0 unspecified atom stereocenters. The van der Waals surface area contributed by atoms with Crippen molar-refractivity contribution in [3.63, 3.8) is 0 Å². The van der Waals surface area contributed by atoms with E-state index >= 15 is 0 Å². The number of aryl methyl sites for hydroxylation is 2. The van der Waals surface area contributed by atoms with Crippen molar-refractivity contribution in [3.05, 3.63) is 83.2 Å². The van der Waals surface area contributed by atoms with Crippen molar-refractivity contribution < 1.29 is 9.53 Å². The summed E-state index contributed by atoms with van der Waals surface area (Å²) in [6, 6.07) is 17.0. The summed E-state index contributed by atoms with van der Waals surface area (Å²) in [5, 5.41) is 3.41. The Balaban J connectivity index is 1.49. The zero-order valence-corrected chi connectivity index (χ0v) is 17.7. The van der Waals surface area contributed by atoms with Crippen molar-refractivity contribution in [3.8, 4) is 0 Å². The highest BCUT2D eigenvalue weighted by Gasteiger charge is 2.24. The third-order valence-electron chi connectivity index (χ3n) is 5.87. The minimum Gasteiger partial charge on any atom is -0.465 e. The molecule has 1 N–H and O–H groups in total. The van der Waals surface area contributed by atoms with Crippen molar-refractivity contribution in [1.82, 2.24) is 4.98 Å². The fraction of sp³-hybridized carbons (Fsp3) is 0.280. The van der Waals surface area contributed by atoms with Crippen molar-refractivity contribution in [2.45, 2.75) is 25.7 Å². The SMILES string of the molecule is COC(=O)c1ccncc1NC[C@@H]1CCc2cc(N(C)c3cccc(C)c3)ccc21. The second-order valence-electron chi connectivity index (χ2n) is 7.81. The van der Waals surface area contributed by atoms with Crippen LogP contribution in [0.1, 0.15) is 39.4 Å². The predicted octanol–water partition coefficient (Wildman–Crippen LogP) is 5.09. The Morgan fingerprint density at radius 2 is 2.03 bits per heavy atom. The van der Waals surface area contributed by atoms with Gasteiger partial charge >= 0.3 is 5.97 Å². The summed E-state index contributed by atoms with van der Waals surface area (Å²) < 4.78 is 4.87. The lowest BCUT2D eigenvalue weighted by Gasteiger charge is -2.21. The molecule has 0 radical (unpaired) electrons. The Hall–Kier alpha value is -3.34. The molecule has 0 saturated heterocycles. The maximum Gasteiger partial charge on any atom is 0.340 e. The number of esters is 1. The van der Waals surface area contributed by atoms with E-state index in [9.17, 15) is 4.79 Å². The van der Waals surface area contributed by atoms with E-state index in [0.717, 1.165) is 19.4 Å². The Morgan fingerprint density at radius 1 is 1.20 bits per heavy atom. The number of nitrogens with zero attached hydrogens (tertiary/aromatic N) is 2. The molecule has 30 heavy (non-hydrogen) atoms. The first-order valence-electron chi connectivity index (χ1n) is 10.3. The number of rotatable bonds is 6. The molecule has 4 rings (SSSR count). The van der Waals surface area contributed by atoms with E-state index in [1.807, 2.05) is 0 Å². The van der Waals surface area contributed by atoms with Crippen LogP contribution in [0.15, 0.2) is 60.9 Å². The summed E-state index contributed by atoms with van der Waals surface area (Å²) in [5.74, 6) is 0.0552. The molecule has 2 aromatic carbocycles. The fourth-order valence-corrected chi connectivity index (χ4v) is 4.15. The largest absolute Gasteiger partial charge is 0.465 e. The van der Waals surface area contributed by atoms with Gasteiger partial charge in [0, 0.05) is 37.1 Å². The number of hydrogen-bond acceptors (Lipinski definition) is 5. The van der Waals surface area contributed by atoms with Crippen LogP contribution >= 0.6 is 0 Å². The van der Waals surface area contributed by atoms with E-state index in [4.69, 9.17) is 4.74 Å². The Morgan fingerprint density at radius 3 is 2.83 bits per heavy atom. The lowest BCUT2D eigenvalue weighted by molar-refractivity contribution is 0.0601. The Labute approximate surface area is 177 Å². The van der Waals surface area contributed by atoms with Gasteiger partial charge in [0.05, 0.1) is 24.6 Å². The van der Waals surface area contributed by atoms with Crippen molar-refractivity contribution in [1.29, 1.82) is 0 Å². The van der Waals surface area contributed by atoms with Gasteiger partial charge in [-0.1, -0.05) is 18.2 Å². The quantitative estimate of drug-likeness (QED) is 0.583. The normalized spacial score (nSPS) is 14.8. The van der Waals surface area contributed by atoms with Gasteiger partial charge in [-0.25, -0.2) is 4.79 Å². The van der Waals surface area contributed by atoms with Gasteiger partial charge in [0.25, 0.3) is 0 Å². The van der Waals surface area contributed by atoms with Crippen LogP contribution in [0.5, 0.6) is 0 Å². The van der Waals surface area contributed by atoms with Crippen molar-refractivity contribution in [2.75, 3.05) is 30.9 Å². The van der Waals surface area contributed by atoms with Gasteiger partial charge in [0.1, 0.15) is 0 Å². The maximum absolute atomic E-state index is 12.0. The molecule has 3 aromatic rings. The number of benzene rings is 2. The standard InChI is InChI=1S/C25H27N3O2/c1-17-5-4-6-20(13-17)28(2)21-9-10-22-18(14-21)7-8-19(22)15-27-24-16-26-12-11-23(24)25(29)30-3/h4-6,9-14,16,19,27H,7-8,15H2,1-3H3/t19-/m0/s1. The van der Waals surface area contributed by atoms with E-state index in [0.29, 0.717) is 17.2 Å². The van der Waals surface area contributed by atoms with E-state index in [1.54, 1.807) is 18.5 Å². The van der Waals surface area contributed by atoms with Crippen molar-refractivity contribution in [2.24, 2.45) is 0 Å². The molecule has 5 nitrogen and oxygen atoms in total. The highest BCUT2D eigenvalue weighted by atomic mass is 16.5. The molecule has 1 aromatic heterocycles. The van der Waals surface area contributed by atoms with E-state index in [1.165, 1.54) is 35.2 Å². The van der Waals surface area contributed by atoms with E-state index < -0.39 is 0 Å². The highest BCUT2D eigenvalue weighted by Crippen LogP contribution is 2.37. The van der Waals surface area contributed by atoms with Gasteiger partial charge in [-0.3, -0.25) is 4.98 Å². The smallest absolute Gasteiger partial charge is 0.340 e. The molecule has 1 atom stereocenters. The first-order chi connectivity index (χ1) is 14.6. The third-order valence-corrected chi connectivity index (χ3v) is 5.87. The highest BCUT2D eigenvalue weighted by molar-refractivity contribution is 5.95. The lowest BCUT2D eigenvalue weighted by Crippen LogP contribution is -2.14. The Kier molecular flexibility index (Phi) is 5.70. The summed E-state index contributed by atoms with van der Waals surface area (Å²) >= 11 is 0. The number of pyridine rings is 1. The number of hydrogen-bond donors (Lipinski definition) is 1. The number of methoxy groups -OCH3 is 1. The second-order valence-corrected chi connectivity index (χ2v) is 7.81. The Bertz CT molecular complexity index is 1060. The minimum absolute atomic E-state index is 0.351. The number of carbonyl (C=O) groups excluding carboxylic acids is 1. The molecule has 0 bridgehead atoms. The zero-order chi connectivity index (χ0) is 21.1. The maximum atomic E-state index is 12.0. The molecular weight excluding hydrogens is 374 g/mol. The van der Waals surface area contributed by atoms with Crippen LogP contribution in [0, 0.1) is 6.92 Å².